The van der Waals surface area contributed by atoms with Crippen LogP contribution in [0, 0.1) is 5.92 Å². The fourth-order valence-corrected chi connectivity index (χ4v) is 6.64. The molecule has 2 fully saturated rings. The number of likely N-dealkylation sites (N-methyl/N-ethyl adjacent to an activating group) is 1. The Labute approximate surface area is 248 Å². The van der Waals surface area contributed by atoms with Crippen molar-refractivity contribution in [1.29, 1.82) is 0 Å². The minimum Gasteiger partial charge on any atom is -0.367 e. The van der Waals surface area contributed by atoms with Gasteiger partial charge in [-0.05, 0) is 53.9 Å². The molecule has 3 aromatic rings. The van der Waals surface area contributed by atoms with E-state index >= 15 is 4.39 Å². The molecular formula is C31H36F4N6O2. The fourth-order valence-electron chi connectivity index (χ4n) is 6.64. The van der Waals surface area contributed by atoms with Crippen LogP contribution in [-0.2, 0) is 36.7 Å². The Hall–Kier alpha value is -3.35. The number of ether oxygens (including phenoxy) is 1. The molecule has 2 aromatic carbocycles. The van der Waals surface area contributed by atoms with Crippen molar-refractivity contribution in [3.05, 3.63) is 76.4 Å². The Morgan fingerprint density at radius 1 is 1.14 bits per heavy atom. The second kappa shape index (κ2) is 11.0. The standard InChI is InChI=1S/C31H36F4N6O2/c1-19(2)26-17-38(3)9-10-40(26)15-20-12-23-24(25(13-20)31(33,34)35)16-41(29(23)42)22-7-5-6-21(14-22)30(8-11-43-30)27(32)28-37-36-18-39(28)4/h5-7,12-14,18-19,26-27H,8-11,15-17H2,1-4H3/t26?,27-,30?/m0/s1. The molecule has 0 radical (unpaired) electrons. The molecule has 0 saturated carbocycles. The SMILES string of the molecule is CC(C)C1CN(C)CCN1Cc1cc2c(c(C(F)(F)F)c1)CN(c1cccc(C3([C@@H](F)c4nncn4C)CCO3)c1)C2=O. The van der Waals surface area contributed by atoms with Gasteiger partial charge < -0.3 is 19.1 Å². The van der Waals surface area contributed by atoms with Crippen molar-refractivity contribution in [1.82, 2.24) is 24.6 Å². The number of halogens is 4. The van der Waals surface area contributed by atoms with Gasteiger partial charge in [-0.3, -0.25) is 9.69 Å². The first-order valence-electron chi connectivity index (χ1n) is 14.6. The number of hydrogen-bond acceptors (Lipinski definition) is 6. The summed E-state index contributed by atoms with van der Waals surface area (Å²) in [6.07, 6.45) is -4.47. The van der Waals surface area contributed by atoms with E-state index in [4.69, 9.17) is 4.74 Å². The number of piperazine rings is 1. The van der Waals surface area contributed by atoms with Crippen LogP contribution < -0.4 is 4.90 Å². The summed E-state index contributed by atoms with van der Waals surface area (Å²) in [7, 11) is 3.69. The summed E-state index contributed by atoms with van der Waals surface area (Å²) >= 11 is 0. The zero-order valence-corrected chi connectivity index (χ0v) is 24.7. The lowest BCUT2D eigenvalue weighted by Crippen LogP contribution is -2.53. The summed E-state index contributed by atoms with van der Waals surface area (Å²) in [5, 5.41) is 7.69. The number of anilines is 1. The van der Waals surface area contributed by atoms with Crippen LogP contribution in [0.25, 0.3) is 0 Å². The van der Waals surface area contributed by atoms with Crippen molar-refractivity contribution in [2.45, 2.75) is 57.3 Å². The van der Waals surface area contributed by atoms with Crippen LogP contribution in [0.3, 0.4) is 0 Å². The Morgan fingerprint density at radius 3 is 2.53 bits per heavy atom. The van der Waals surface area contributed by atoms with Gasteiger partial charge in [0.25, 0.3) is 5.91 Å². The van der Waals surface area contributed by atoms with Crippen molar-refractivity contribution < 1.29 is 27.1 Å². The quantitative estimate of drug-likeness (QED) is 0.352. The number of nitrogens with zero attached hydrogens (tertiary/aromatic N) is 6. The van der Waals surface area contributed by atoms with Crippen LogP contribution in [0.2, 0.25) is 0 Å². The molecule has 12 heteroatoms. The van der Waals surface area contributed by atoms with Crippen molar-refractivity contribution in [2.75, 3.05) is 38.2 Å². The lowest BCUT2D eigenvalue weighted by atomic mass is 9.81. The highest BCUT2D eigenvalue weighted by Gasteiger charge is 2.51. The molecule has 8 nitrogen and oxygen atoms in total. The Kier molecular flexibility index (Phi) is 7.58. The van der Waals surface area contributed by atoms with Gasteiger partial charge in [-0.15, -0.1) is 10.2 Å². The Bertz CT molecular complexity index is 1520. The molecule has 6 rings (SSSR count). The summed E-state index contributed by atoms with van der Waals surface area (Å²) in [6, 6.07) is 9.68. The topological polar surface area (TPSA) is 66.7 Å². The maximum atomic E-state index is 15.9. The number of aromatic nitrogens is 3. The third-order valence-electron chi connectivity index (χ3n) is 9.16. The smallest absolute Gasteiger partial charge is 0.367 e. The molecule has 2 saturated heterocycles. The first-order valence-corrected chi connectivity index (χ1v) is 14.6. The number of benzene rings is 2. The summed E-state index contributed by atoms with van der Waals surface area (Å²) in [4.78, 5) is 19.5. The van der Waals surface area contributed by atoms with E-state index in [9.17, 15) is 18.0 Å². The molecule has 0 N–H and O–H groups in total. The molecule has 43 heavy (non-hydrogen) atoms. The zero-order chi connectivity index (χ0) is 30.7. The largest absolute Gasteiger partial charge is 0.416 e. The second-order valence-corrected chi connectivity index (χ2v) is 12.3. The fraction of sp³-hybridized carbons (Fsp3) is 0.516. The van der Waals surface area contributed by atoms with Gasteiger partial charge in [-0.2, -0.15) is 13.2 Å². The van der Waals surface area contributed by atoms with E-state index in [0.717, 1.165) is 19.6 Å². The lowest BCUT2D eigenvalue weighted by Gasteiger charge is -2.44. The van der Waals surface area contributed by atoms with Gasteiger partial charge >= 0.3 is 6.18 Å². The first kappa shape index (κ1) is 29.7. The van der Waals surface area contributed by atoms with Crippen LogP contribution in [0.5, 0.6) is 0 Å². The number of carbonyl (C=O) groups excluding carboxylic acids is 1. The summed E-state index contributed by atoms with van der Waals surface area (Å²) in [5.41, 5.74) is -0.755. The third kappa shape index (κ3) is 5.23. The molecule has 0 bridgehead atoms. The molecule has 0 aliphatic carbocycles. The maximum absolute atomic E-state index is 15.9. The Balaban J connectivity index is 1.32. The van der Waals surface area contributed by atoms with Gasteiger partial charge in [0.05, 0.1) is 18.7 Å². The van der Waals surface area contributed by atoms with E-state index in [-0.39, 0.29) is 29.5 Å². The highest BCUT2D eigenvalue weighted by atomic mass is 19.4. The van der Waals surface area contributed by atoms with E-state index in [1.54, 1.807) is 37.4 Å². The zero-order valence-electron chi connectivity index (χ0n) is 24.7. The summed E-state index contributed by atoms with van der Waals surface area (Å²) in [5.74, 6) is -0.0756. The summed E-state index contributed by atoms with van der Waals surface area (Å²) in [6.45, 7) is 7.07. The van der Waals surface area contributed by atoms with Gasteiger partial charge in [0, 0.05) is 56.9 Å². The van der Waals surface area contributed by atoms with Gasteiger partial charge in [-0.1, -0.05) is 26.0 Å². The number of carbonyl (C=O) groups is 1. The van der Waals surface area contributed by atoms with E-state index < -0.39 is 29.4 Å². The van der Waals surface area contributed by atoms with Crippen LogP contribution in [0.1, 0.15) is 64.9 Å². The first-order chi connectivity index (χ1) is 20.4. The molecule has 1 amide bonds. The number of rotatable bonds is 7. The predicted molar refractivity (Wildman–Crippen MR) is 152 cm³/mol. The molecule has 2 unspecified atom stereocenters. The number of fused-ring (bicyclic) bond motifs is 1. The highest BCUT2D eigenvalue weighted by Crippen LogP contribution is 2.50. The van der Waals surface area contributed by atoms with Gasteiger partial charge in [0.2, 0.25) is 0 Å². The van der Waals surface area contributed by atoms with E-state index in [1.807, 2.05) is 0 Å². The van der Waals surface area contributed by atoms with Gasteiger partial charge in [0.15, 0.2) is 12.0 Å². The monoisotopic (exact) mass is 600 g/mol. The molecule has 3 aliphatic heterocycles. The normalized spacial score (nSPS) is 24.0. The van der Waals surface area contributed by atoms with Crippen LogP contribution in [0.15, 0.2) is 42.7 Å². The molecule has 1 aromatic heterocycles. The average Bonchev–Trinajstić information content (AvgIpc) is 3.51. The van der Waals surface area contributed by atoms with Crippen LogP contribution in [-0.4, -0.2) is 69.8 Å². The number of hydrogen-bond donors (Lipinski definition) is 0. The van der Waals surface area contributed by atoms with Crippen LogP contribution >= 0.6 is 0 Å². The summed E-state index contributed by atoms with van der Waals surface area (Å²) < 4.78 is 66.4. The van der Waals surface area contributed by atoms with E-state index in [0.29, 0.717) is 42.3 Å². The molecule has 4 heterocycles. The maximum Gasteiger partial charge on any atom is 0.416 e. The molecule has 230 valence electrons. The van der Waals surface area contributed by atoms with Gasteiger partial charge in [0.1, 0.15) is 11.9 Å². The average molecular weight is 601 g/mol. The number of aryl methyl sites for hydroxylation is 1. The molecule has 3 atom stereocenters. The van der Waals surface area contributed by atoms with Crippen LogP contribution in [0.4, 0.5) is 23.2 Å². The van der Waals surface area contributed by atoms with Crippen molar-refractivity contribution >= 4 is 11.6 Å². The number of alkyl halides is 4. The minimum absolute atomic E-state index is 0.0394. The third-order valence-corrected chi connectivity index (χ3v) is 9.16. The van der Waals surface area contributed by atoms with Crippen molar-refractivity contribution in [2.24, 2.45) is 13.0 Å². The molecular weight excluding hydrogens is 564 g/mol. The molecule has 3 aliphatic rings. The second-order valence-electron chi connectivity index (χ2n) is 12.3. The lowest BCUT2D eigenvalue weighted by molar-refractivity contribution is -0.198. The van der Waals surface area contributed by atoms with Crippen molar-refractivity contribution in [3.8, 4) is 0 Å². The van der Waals surface area contributed by atoms with E-state index in [2.05, 4.69) is 40.9 Å². The molecule has 0 spiro atoms. The van der Waals surface area contributed by atoms with Crippen molar-refractivity contribution in [3.63, 3.8) is 0 Å². The van der Waals surface area contributed by atoms with E-state index in [1.165, 1.54) is 21.9 Å². The predicted octanol–water partition coefficient (Wildman–Crippen LogP) is 5.09. The Morgan fingerprint density at radius 2 is 1.91 bits per heavy atom. The number of amides is 1. The highest BCUT2D eigenvalue weighted by molar-refractivity contribution is 6.10. The van der Waals surface area contributed by atoms with Gasteiger partial charge in [-0.25, -0.2) is 4.39 Å². The minimum atomic E-state index is -4.63.